The second-order valence-corrected chi connectivity index (χ2v) is 3.57. The first-order valence-electron chi connectivity index (χ1n) is 5.29. The van der Waals surface area contributed by atoms with Gasteiger partial charge in [0.1, 0.15) is 6.33 Å². The molecule has 0 spiro atoms. The van der Waals surface area contributed by atoms with Crippen LogP contribution in [0.15, 0.2) is 6.33 Å². The molecule has 1 unspecified atom stereocenters. The molecule has 2 rings (SSSR count). The molecule has 0 saturated carbocycles. The van der Waals surface area contributed by atoms with Crippen LogP contribution >= 0.6 is 0 Å². The predicted octanol–water partition coefficient (Wildman–Crippen LogP) is -1.16. The third-order valence-corrected chi connectivity index (χ3v) is 2.27. The number of ether oxygens (including phenoxy) is 1. The van der Waals surface area contributed by atoms with Crippen LogP contribution in [0.4, 0.5) is 11.8 Å². The van der Waals surface area contributed by atoms with Gasteiger partial charge in [-0.25, -0.2) is 4.98 Å². The van der Waals surface area contributed by atoms with Crippen molar-refractivity contribution in [2.45, 2.75) is 12.8 Å². The summed E-state index contributed by atoms with van der Waals surface area (Å²) in [6.07, 6.45) is 0.483. The Labute approximate surface area is 102 Å². The maximum Gasteiger partial charge on any atom is 0.244 e. The molecule has 2 heterocycles. The minimum atomic E-state index is -1.27. The molecule has 0 aliphatic heterocycles. The van der Waals surface area contributed by atoms with E-state index in [-0.39, 0.29) is 30.6 Å². The normalized spacial score (nSPS) is 13.0. The number of fused-ring (bicyclic) bond motifs is 1. The molecule has 18 heavy (non-hydrogen) atoms. The Hall–Kier alpha value is -1.97. The molecule has 6 N–H and O–H groups in total. The van der Waals surface area contributed by atoms with Gasteiger partial charge in [0.15, 0.2) is 17.0 Å². The number of aromatic nitrogens is 4. The summed E-state index contributed by atoms with van der Waals surface area (Å²) in [4.78, 5) is 11.7. The molecule has 9 heteroatoms. The Kier molecular flexibility index (Phi) is 3.55. The van der Waals surface area contributed by atoms with Crippen LogP contribution in [0.25, 0.3) is 11.2 Å². The third kappa shape index (κ3) is 2.32. The van der Waals surface area contributed by atoms with Gasteiger partial charge < -0.3 is 26.4 Å². The topological polar surface area (TPSA) is 145 Å². The third-order valence-electron chi connectivity index (χ3n) is 2.27. The van der Waals surface area contributed by atoms with Crippen molar-refractivity contribution in [3.8, 4) is 0 Å². The minimum Gasteiger partial charge on any atom is -0.396 e. The van der Waals surface area contributed by atoms with E-state index < -0.39 is 6.41 Å². The van der Waals surface area contributed by atoms with Crippen molar-refractivity contribution < 1.29 is 14.9 Å². The Bertz CT molecular complexity index is 542. The van der Waals surface area contributed by atoms with Crippen LogP contribution in [0, 0.1) is 0 Å². The predicted molar refractivity (Wildman–Crippen MR) is 63.1 cm³/mol. The number of aliphatic hydroxyl groups is 2. The fourth-order valence-electron chi connectivity index (χ4n) is 1.45. The highest BCUT2D eigenvalue weighted by molar-refractivity contribution is 5.82. The Morgan fingerprint density at radius 1 is 1.39 bits per heavy atom. The largest absolute Gasteiger partial charge is 0.396 e. The standard InChI is InChI=1S/C9H14N6O3/c10-6-5-7(14-8(11)13-6)15(4-12-5)9(17)18-3-1-2-16/h4,9,16-17H,1-3H2,(H4,10,11,13,14). The Balaban J connectivity index is 2.28. The number of aliphatic hydroxyl groups excluding tert-OH is 2. The number of imidazole rings is 1. The Morgan fingerprint density at radius 2 is 2.17 bits per heavy atom. The summed E-state index contributed by atoms with van der Waals surface area (Å²) in [7, 11) is 0. The maximum atomic E-state index is 9.79. The molecule has 0 aromatic carbocycles. The number of nitrogen functional groups attached to an aromatic ring is 2. The van der Waals surface area contributed by atoms with Crippen LogP contribution in [-0.2, 0) is 4.74 Å². The summed E-state index contributed by atoms with van der Waals surface area (Å²) in [6.45, 7) is 0.187. The molecular formula is C9H14N6O3. The van der Waals surface area contributed by atoms with Gasteiger partial charge in [-0.15, -0.1) is 0 Å². The molecule has 9 nitrogen and oxygen atoms in total. The van der Waals surface area contributed by atoms with Gasteiger partial charge in [0.2, 0.25) is 12.4 Å². The second kappa shape index (κ2) is 5.12. The van der Waals surface area contributed by atoms with Gasteiger partial charge in [0, 0.05) is 6.61 Å². The molecule has 0 amide bonds. The first kappa shape index (κ1) is 12.5. The van der Waals surface area contributed by atoms with Gasteiger partial charge >= 0.3 is 0 Å². The number of anilines is 2. The zero-order valence-electron chi connectivity index (χ0n) is 9.52. The highest BCUT2D eigenvalue weighted by atomic mass is 16.6. The molecule has 0 radical (unpaired) electrons. The zero-order chi connectivity index (χ0) is 13.1. The van der Waals surface area contributed by atoms with E-state index in [2.05, 4.69) is 15.0 Å². The maximum absolute atomic E-state index is 9.79. The summed E-state index contributed by atoms with van der Waals surface area (Å²) in [5.74, 6) is 0.128. The first-order chi connectivity index (χ1) is 8.63. The monoisotopic (exact) mass is 254 g/mol. The average molecular weight is 254 g/mol. The van der Waals surface area contributed by atoms with Crippen LogP contribution in [-0.4, -0.2) is 42.9 Å². The van der Waals surface area contributed by atoms with Gasteiger partial charge in [0.25, 0.3) is 0 Å². The van der Waals surface area contributed by atoms with E-state index >= 15 is 0 Å². The molecule has 0 fully saturated rings. The van der Waals surface area contributed by atoms with Crippen molar-refractivity contribution in [2.24, 2.45) is 0 Å². The van der Waals surface area contributed by atoms with Crippen LogP contribution in [0.2, 0.25) is 0 Å². The van der Waals surface area contributed by atoms with Crippen molar-refractivity contribution in [1.82, 2.24) is 19.5 Å². The quantitative estimate of drug-likeness (QED) is 0.386. The summed E-state index contributed by atoms with van der Waals surface area (Å²) in [5, 5.41) is 18.4. The molecule has 0 aliphatic rings. The zero-order valence-corrected chi connectivity index (χ0v) is 9.52. The van der Waals surface area contributed by atoms with E-state index in [0.717, 1.165) is 0 Å². The van der Waals surface area contributed by atoms with E-state index in [0.29, 0.717) is 11.9 Å². The number of hydrogen-bond donors (Lipinski definition) is 4. The fourth-order valence-corrected chi connectivity index (χ4v) is 1.45. The molecule has 98 valence electrons. The van der Waals surface area contributed by atoms with E-state index in [1.54, 1.807) is 0 Å². The van der Waals surface area contributed by atoms with Crippen LogP contribution < -0.4 is 11.5 Å². The van der Waals surface area contributed by atoms with Crippen molar-refractivity contribution in [3.63, 3.8) is 0 Å². The lowest BCUT2D eigenvalue weighted by Gasteiger charge is -2.13. The van der Waals surface area contributed by atoms with Gasteiger partial charge in [-0.3, -0.25) is 4.57 Å². The van der Waals surface area contributed by atoms with E-state index in [9.17, 15) is 5.11 Å². The van der Waals surface area contributed by atoms with Gasteiger partial charge in [-0.1, -0.05) is 0 Å². The fraction of sp³-hybridized carbons (Fsp3) is 0.444. The minimum absolute atomic E-state index is 0.00990. The molecule has 0 aliphatic carbocycles. The summed E-state index contributed by atoms with van der Waals surface area (Å²) in [6, 6.07) is 0. The molecule has 2 aromatic rings. The van der Waals surface area contributed by atoms with Gasteiger partial charge in [-0.05, 0) is 6.42 Å². The lowest BCUT2D eigenvalue weighted by Crippen LogP contribution is -2.14. The van der Waals surface area contributed by atoms with Crippen molar-refractivity contribution in [3.05, 3.63) is 6.33 Å². The van der Waals surface area contributed by atoms with Gasteiger partial charge in [0.05, 0.1) is 6.61 Å². The van der Waals surface area contributed by atoms with Gasteiger partial charge in [-0.2, -0.15) is 9.97 Å². The summed E-state index contributed by atoms with van der Waals surface area (Å²) in [5.41, 5.74) is 11.7. The van der Waals surface area contributed by atoms with Crippen LogP contribution in [0.1, 0.15) is 12.8 Å². The number of hydrogen-bond acceptors (Lipinski definition) is 8. The summed E-state index contributed by atoms with van der Waals surface area (Å²) < 4.78 is 6.37. The molecular weight excluding hydrogens is 240 g/mol. The molecule has 2 aromatic heterocycles. The SMILES string of the molecule is Nc1nc(N)c2ncn(C(O)OCCCO)c2n1. The number of rotatable bonds is 5. The lowest BCUT2D eigenvalue weighted by molar-refractivity contribution is -0.152. The van der Waals surface area contributed by atoms with Crippen molar-refractivity contribution in [2.75, 3.05) is 24.7 Å². The van der Waals surface area contributed by atoms with E-state index in [1.165, 1.54) is 10.9 Å². The summed E-state index contributed by atoms with van der Waals surface area (Å²) >= 11 is 0. The lowest BCUT2D eigenvalue weighted by atomic mass is 10.5. The molecule has 1 atom stereocenters. The number of nitrogens with zero attached hydrogens (tertiary/aromatic N) is 4. The molecule has 0 bridgehead atoms. The molecule has 0 saturated heterocycles. The number of nitrogens with two attached hydrogens (primary N) is 2. The highest BCUT2D eigenvalue weighted by Crippen LogP contribution is 2.20. The van der Waals surface area contributed by atoms with E-state index in [4.69, 9.17) is 21.3 Å². The second-order valence-electron chi connectivity index (χ2n) is 3.57. The van der Waals surface area contributed by atoms with Crippen LogP contribution in [0.5, 0.6) is 0 Å². The van der Waals surface area contributed by atoms with Crippen LogP contribution in [0.3, 0.4) is 0 Å². The van der Waals surface area contributed by atoms with Crippen molar-refractivity contribution in [1.29, 1.82) is 0 Å². The smallest absolute Gasteiger partial charge is 0.244 e. The average Bonchev–Trinajstić information content (AvgIpc) is 2.73. The Morgan fingerprint density at radius 3 is 2.89 bits per heavy atom. The van der Waals surface area contributed by atoms with E-state index in [1.807, 2.05) is 0 Å². The highest BCUT2D eigenvalue weighted by Gasteiger charge is 2.15. The first-order valence-corrected chi connectivity index (χ1v) is 5.29. The van der Waals surface area contributed by atoms with Crippen molar-refractivity contribution >= 4 is 22.9 Å².